The Morgan fingerprint density at radius 2 is 2.03 bits per heavy atom. The first kappa shape index (κ1) is 20.3. The maximum Gasteiger partial charge on any atom is 0.363 e. The Bertz CT molecular complexity index is 1030. The average molecular weight is 420 g/mol. The number of hydrogen-bond acceptors (Lipinski definition) is 7. The van der Waals surface area contributed by atoms with Crippen LogP contribution >= 0.6 is 11.6 Å². The number of halogens is 2. The summed E-state index contributed by atoms with van der Waals surface area (Å²) in [5, 5.41) is 0.143. The molecule has 1 aliphatic heterocycles. The van der Waals surface area contributed by atoms with Crippen LogP contribution in [0.4, 0.5) is 4.39 Å². The molecule has 0 unspecified atom stereocenters. The lowest BCUT2D eigenvalue weighted by atomic mass is 10.1. The molecule has 1 heterocycles. The molecule has 0 N–H and O–H groups in total. The van der Waals surface area contributed by atoms with Crippen molar-refractivity contribution in [3.05, 3.63) is 64.1 Å². The van der Waals surface area contributed by atoms with E-state index in [9.17, 15) is 14.0 Å². The summed E-state index contributed by atoms with van der Waals surface area (Å²) in [6.07, 6.45) is 1.41. The van der Waals surface area contributed by atoms with E-state index in [1.165, 1.54) is 50.6 Å². The van der Waals surface area contributed by atoms with Crippen molar-refractivity contribution in [1.29, 1.82) is 0 Å². The third-order valence-corrected chi connectivity index (χ3v) is 4.12. The normalized spacial score (nSPS) is 14.4. The van der Waals surface area contributed by atoms with Gasteiger partial charge < -0.3 is 18.9 Å². The number of methoxy groups -OCH3 is 2. The molecule has 0 radical (unpaired) electrons. The first-order chi connectivity index (χ1) is 13.9. The lowest BCUT2D eigenvalue weighted by Gasteiger charge is -2.12. The zero-order valence-electron chi connectivity index (χ0n) is 15.4. The summed E-state index contributed by atoms with van der Waals surface area (Å²) in [4.78, 5) is 27.5. The molecular formula is C20H15ClFNO6. The van der Waals surface area contributed by atoms with Crippen molar-refractivity contribution in [2.24, 2.45) is 4.99 Å². The van der Waals surface area contributed by atoms with E-state index in [1.807, 2.05) is 0 Å². The van der Waals surface area contributed by atoms with E-state index < -0.39 is 17.8 Å². The topological polar surface area (TPSA) is 83.4 Å². The largest absolute Gasteiger partial charge is 0.493 e. The molecule has 0 amide bonds. The third kappa shape index (κ3) is 4.55. The number of cyclic esters (lactones) is 1. The molecule has 3 rings (SSSR count). The fourth-order valence-electron chi connectivity index (χ4n) is 2.47. The number of rotatable bonds is 6. The number of esters is 2. The Morgan fingerprint density at radius 1 is 1.28 bits per heavy atom. The number of ether oxygens (including phenoxy) is 4. The van der Waals surface area contributed by atoms with Crippen LogP contribution in [-0.4, -0.2) is 38.7 Å². The molecule has 7 nitrogen and oxygen atoms in total. The zero-order valence-corrected chi connectivity index (χ0v) is 16.2. The molecule has 2 aromatic carbocycles. The second-order valence-electron chi connectivity index (χ2n) is 5.71. The molecule has 0 saturated heterocycles. The van der Waals surface area contributed by atoms with Gasteiger partial charge in [0.2, 0.25) is 5.90 Å². The molecule has 150 valence electrons. The Hall–Kier alpha value is -3.39. The molecule has 0 saturated carbocycles. The number of aliphatic imine (C=N–C) groups is 1. The molecule has 0 bridgehead atoms. The van der Waals surface area contributed by atoms with Crippen molar-refractivity contribution in [2.45, 2.75) is 0 Å². The van der Waals surface area contributed by atoms with Crippen LogP contribution in [-0.2, 0) is 19.1 Å². The first-order valence-corrected chi connectivity index (χ1v) is 8.65. The summed E-state index contributed by atoms with van der Waals surface area (Å²) in [7, 11) is 2.63. The summed E-state index contributed by atoms with van der Waals surface area (Å²) >= 11 is 6.22. The van der Waals surface area contributed by atoms with E-state index in [0.29, 0.717) is 5.56 Å². The van der Waals surface area contributed by atoms with E-state index in [2.05, 4.69) is 9.73 Å². The zero-order chi connectivity index (χ0) is 21.0. The minimum absolute atomic E-state index is 0.0374. The van der Waals surface area contributed by atoms with E-state index in [-0.39, 0.29) is 40.3 Å². The highest BCUT2D eigenvalue weighted by atomic mass is 35.5. The molecule has 9 heteroatoms. The van der Waals surface area contributed by atoms with Crippen LogP contribution in [0.3, 0.4) is 0 Å². The molecule has 0 aromatic heterocycles. The predicted molar refractivity (Wildman–Crippen MR) is 103 cm³/mol. The van der Waals surface area contributed by atoms with E-state index in [0.717, 1.165) is 0 Å². The van der Waals surface area contributed by atoms with Crippen LogP contribution in [0.2, 0.25) is 5.02 Å². The summed E-state index contributed by atoms with van der Waals surface area (Å²) in [6, 6.07) is 8.85. The van der Waals surface area contributed by atoms with Gasteiger partial charge in [-0.3, -0.25) is 0 Å². The number of hydrogen-bond donors (Lipinski definition) is 0. The first-order valence-electron chi connectivity index (χ1n) is 8.27. The fourth-order valence-corrected chi connectivity index (χ4v) is 2.74. The quantitative estimate of drug-likeness (QED) is 0.527. The van der Waals surface area contributed by atoms with Crippen molar-refractivity contribution in [2.75, 3.05) is 20.8 Å². The van der Waals surface area contributed by atoms with Crippen LogP contribution in [0, 0.1) is 5.82 Å². The van der Waals surface area contributed by atoms with Gasteiger partial charge in [-0.2, -0.15) is 0 Å². The van der Waals surface area contributed by atoms with Gasteiger partial charge in [0.25, 0.3) is 0 Å². The van der Waals surface area contributed by atoms with Crippen LogP contribution in [0.15, 0.2) is 47.1 Å². The second-order valence-corrected chi connectivity index (χ2v) is 6.12. The van der Waals surface area contributed by atoms with Crippen LogP contribution in [0.1, 0.15) is 11.1 Å². The van der Waals surface area contributed by atoms with Crippen LogP contribution in [0.25, 0.3) is 6.08 Å². The predicted octanol–water partition coefficient (Wildman–Crippen LogP) is 3.38. The SMILES string of the molecule is COC(=O)COc1c(Cl)cc(/C=C2/N=C(c3ccccc3F)OC2=O)cc1OC. The molecular weight excluding hydrogens is 405 g/mol. The third-order valence-electron chi connectivity index (χ3n) is 3.84. The van der Waals surface area contributed by atoms with E-state index >= 15 is 0 Å². The molecule has 0 fully saturated rings. The highest BCUT2D eigenvalue weighted by molar-refractivity contribution is 6.32. The summed E-state index contributed by atoms with van der Waals surface area (Å²) in [5.41, 5.74) is 0.499. The van der Waals surface area contributed by atoms with Gasteiger partial charge in [-0.1, -0.05) is 23.7 Å². The smallest absolute Gasteiger partial charge is 0.363 e. The van der Waals surface area contributed by atoms with Gasteiger partial charge in [0.1, 0.15) is 5.82 Å². The standard InChI is InChI=1S/C20H15ClFNO6/c1-26-16-9-11(7-13(21)18(16)28-10-17(24)27-2)8-15-20(25)29-19(23-15)12-5-3-4-6-14(12)22/h3-9H,10H2,1-2H3/b15-8+. The highest BCUT2D eigenvalue weighted by Crippen LogP contribution is 2.37. The van der Waals surface area contributed by atoms with Gasteiger partial charge >= 0.3 is 11.9 Å². The van der Waals surface area contributed by atoms with Gasteiger partial charge in [0.15, 0.2) is 23.8 Å². The molecule has 0 aliphatic carbocycles. The van der Waals surface area contributed by atoms with Crippen LogP contribution in [0.5, 0.6) is 11.5 Å². The Morgan fingerprint density at radius 3 is 2.72 bits per heavy atom. The fraction of sp³-hybridized carbons (Fsp3) is 0.150. The Balaban J connectivity index is 1.91. The summed E-state index contributed by atoms with van der Waals surface area (Å²) in [5.74, 6) is -1.63. The lowest BCUT2D eigenvalue weighted by Crippen LogP contribution is -2.13. The van der Waals surface area contributed by atoms with Gasteiger partial charge in [-0.15, -0.1) is 0 Å². The average Bonchev–Trinajstić information content (AvgIpc) is 3.06. The summed E-state index contributed by atoms with van der Waals surface area (Å²) in [6.45, 7) is -0.352. The Labute approximate surface area is 170 Å². The molecule has 1 aliphatic rings. The van der Waals surface area contributed by atoms with Crippen molar-refractivity contribution in [3.8, 4) is 11.5 Å². The number of carbonyl (C=O) groups is 2. The minimum atomic E-state index is -0.732. The van der Waals surface area contributed by atoms with E-state index in [1.54, 1.807) is 6.07 Å². The minimum Gasteiger partial charge on any atom is -0.493 e. The maximum atomic E-state index is 13.9. The van der Waals surface area contributed by atoms with Crippen LogP contribution < -0.4 is 9.47 Å². The molecule has 0 spiro atoms. The van der Waals surface area contributed by atoms with Crippen molar-refractivity contribution < 1.29 is 32.9 Å². The van der Waals surface area contributed by atoms with E-state index in [4.69, 9.17) is 25.8 Å². The van der Waals surface area contributed by atoms with Gasteiger partial charge in [-0.05, 0) is 35.9 Å². The maximum absolute atomic E-state index is 13.9. The molecule has 2 aromatic rings. The van der Waals surface area contributed by atoms with Crippen molar-refractivity contribution >= 4 is 35.5 Å². The number of carbonyl (C=O) groups excluding carboxylic acids is 2. The van der Waals surface area contributed by atoms with Gasteiger partial charge in [0.05, 0.1) is 24.8 Å². The van der Waals surface area contributed by atoms with Gasteiger partial charge in [-0.25, -0.2) is 19.0 Å². The number of nitrogens with zero attached hydrogens (tertiary/aromatic N) is 1. The molecule has 29 heavy (non-hydrogen) atoms. The van der Waals surface area contributed by atoms with Crippen molar-refractivity contribution in [1.82, 2.24) is 0 Å². The Kier molecular flexibility index (Phi) is 6.13. The van der Waals surface area contributed by atoms with Crippen molar-refractivity contribution in [3.63, 3.8) is 0 Å². The van der Waals surface area contributed by atoms with Gasteiger partial charge in [0, 0.05) is 0 Å². The molecule has 0 atom stereocenters. The lowest BCUT2D eigenvalue weighted by molar-refractivity contribution is -0.143. The second kappa shape index (κ2) is 8.74. The number of benzene rings is 2. The highest BCUT2D eigenvalue weighted by Gasteiger charge is 2.26. The monoisotopic (exact) mass is 419 g/mol. The summed E-state index contributed by atoms with van der Waals surface area (Å²) < 4.78 is 34.0.